The Morgan fingerprint density at radius 1 is 0.333 bits per heavy atom. The Balaban J connectivity index is 1.06. The molecule has 0 fully saturated rings. The van der Waals surface area contributed by atoms with Crippen molar-refractivity contribution in [3.8, 4) is 55.6 Å². The van der Waals surface area contributed by atoms with Crippen molar-refractivity contribution < 1.29 is 9.90 Å². The molecule has 0 radical (unpaired) electrons. The van der Waals surface area contributed by atoms with Gasteiger partial charge in [-0.25, -0.2) is 0 Å². The SMILES string of the molecule is [2H]c1c([2H])c(N(c2ccc(-c3cccc4oc5c6ccccc6ccc5c34)cc2)c2ccccc2-c2ccc(-c3ccccc3)cc2)c([2H])c([2H])c1-c1ccc(-c2ccccc2)cc1. The number of benzene rings is 10. The standard InChI is InChI=1S/C58H39NO/c1-3-12-40(13-4-1)42-22-24-44(25-23-42)45-30-35-49(36-31-45)59(55-20-10-9-17-51(55)47-28-26-43(27-29-47)41-14-5-2-6-15-41)50-37-32-48(33-38-50)52-19-11-21-56-57(52)54-39-34-46-16-7-8-18-53(46)58(54)60-56/h1-39H/i30D,31D,35D,36D. The fourth-order valence-corrected chi connectivity index (χ4v) is 8.38. The molecule has 0 saturated carbocycles. The summed E-state index contributed by atoms with van der Waals surface area (Å²) >= 11 is 0. The predicted molar refractivity (Wildman–Crippen MR) is 253 cm³/mol. The smallest absolute Gasteiger partial charge is 0.143 e. The summed E-state index contributed by atoms with van der Waals surface area (Å²) in [5, 5.41) is 4.26. The quantitative estimate of drug-likeness (QED) is 0.153. The van der Waals surface area contributed by atoms with Gasteiger partial charge in [0.25, 0.3) is 0 Å². The van der Waals surface area contributed by atoms with Crippen LogP contribution in [-0.4, -0.2) is 0 Å². The minimum atomic E-state index is -0.136. The predicted octanol–water partition coefficient (Wildman–Crippen LogP) is 16.5. The maximum Gasteiger partial charge on any atom is 0.143 e. The van der Waals surface area contributed by atoms with Gasteiger partial charge in [-0.15, -0.1) is 0 Å². The first kappa shape index (κ1) is 31.1. The third kappa shape index (κ3) is 6.41. The van der Waals surface area contributed by atoms with Gasteiger partial charge in [-0.1, -0.05) is 194 Å². The first-order chi connectivity index (χ1) is 31.4. The lowest BCUT2D eigenvalue weighted by Gasteiger charge is -2.28. The fraction of sp³-hybridized carbons (Fsp3) is 0. The van der Waals surface area contributed by atoms with E-state index in [4.69, 9.17) is 4.42 Å². The molecular weight excluding hydrogens is 727 g/mol. The zero-order valence-corrected chi connectivity index (χ0v) is 32.6. The van der Waals surface area contributed by atoms with E-state index >= 15 is 0 Å². The normalized spacial score (nSPS) is 12.3. The fourth-order valence-electron chi connectivity index (χ4n) is 8.38. The van der Waals surface area contributed by atoms with Crippen molar-refractivity contribution in [2.45, 2.75) is 0 Å². The van der Waals surface area contributed by atoms with Crippen LogP contribution in [0.3, 0.4) is 0 Å². The molecule has 0 aliphatic rings. The minimum Gasteiger partial charge on any atom is -0.455 e. The maximum absolute atomic E-state index is 9.67. The molecular formula is C58H39NO. The van der Waals surface area contributed by atoms with Crippen LogP contribution in [0.2, 0.25) is 0 Å². The summed E-state index contributed by atoms with van der Waals surface area (Å²) in [5.74, 6) is 0. The summed E-state index contributed by atoms with van der Waals surface area (Å²) in [7, 11) is 0. The van der Waals surface area contributed by atoms with E-state index in [9.17, 15) is 5.48 Å². The topological polar surface area (TPSA) is 16.4 Å². The minimum absolute atomic E-state index is 0.110. The van der Waals surface area contributed by atoms with Crippen LogP contribution in [0.5, 0.6) is 0 Å². The lowest BCUT2D eigenvalue weighted by atomic mass is 9.97. The number of hydrogen-bond acceptors (Lipinski definition) is 2. The lowest BCUT2D eigenvalue weighted by molar-refractivity contribution is 0.673. The number of furan rings is 1. The summed E-state index contributed by atoms with van der Waals surface area (Å²) in [6.45, 7) is 0. The summed E-state index contributed by atoms with van der Waals surface area (Å²) < 4.78 is 44.8. The summed E-state index contributed by atoms with van der Waals surface area (Å²) in [6, 6.07) is 70.7. The number of para-hydroxylation sites is 1. The second-order valence-corrected chi connectivity index (χ2v) is 15.0. The first-order valence-corrected chi connectivity index (χ1v) is 20.2. The Hall–Kier alpha value is -7.94. The van der Waals surface area contributed by atoms with Crippen LogP contribution in [0.4, 0.5) is 17.1 Å². The molecule has 0 atom stereocenters. The van der Waals surface area contributed by atoms with E-state index in [2.05, 4.69) is 78.9 Å². The molecule has 1 heterocycles. The molecule has 11 rings (SSSR count). The van der Waals surface area contributed by atoms with E-state index in [-0.39, 0.29) is 35.4 Å². The number of anilines is 3. The molecule has 282 valence electrons. The highest BCUT2D eigenvalue weighted by Gasteiger charge is 2.19. The third-order valence-electron chi connectivity index (χ3n) is 11.4. The van der Waals surface area contributed by atoms with Crippen molar-refractivity contribution >= 4 is 49.8 Å². The second-order valence-electron chi connectivity index (χ2n) is 15.0. The van der Waals surface area contributed by atoms with E-state index in [1.165, 1.54) is 0 Å². The average Bonchev–Trinajstić information content (AvgIpc) is 3.76. The summed E-state index contributed by atoms with van der Waals surface area (Å²) in [4.78, 5) is 1.88. The zero-order valence-electron chi connectivity index (χ0n) is 36.6. The molecule has 60 heavy (non-hydrogen) atoms. The number of nitrogens with zero attached hydrogens (tertiary/aromatic N) is 1. The van der Waals surface area contributed by atoms with Crippen molar-refractivity contribution in [2.75, 3.05) is 4.90 Å². The molecule has 0 unspecified atom stereocenters. The van der Waals surface area contributed by atoms with E-state index in [0.29, 0.717) is 11.3 Å². The van der Waals surface area contributed by atoms with Crippen LogP contribution in [0, 0.1) is 0 Å². The maximum atomic E-state index is 9.67. The van der Waals surface area contributed by atoms with Gasteiger partial charge in [0.2, 0.25) is 0 Å². The largest absolute Gasteiger partial charge is 0.455 e. The Morgan fingerprint density at radius 2 is 0.850 bits per heavy atom. The van der Waals surface area contributed by atoms with Crippen molar-refractivity contribution in [1.29, 1.82) is 0 Å². The van der Waals surface area contributed by atoms with E-state index in [1.807, 2.05) is 138 Å². The van der Waals surface area contributed by atoms with Crippen LogP contribution in [-0.2, 0) is 0 Å². The summed E-state index contributed by atoms with van der Waals surface area (Å²) in [6.07, 6.45) is 0. The van der Waals surface area contributed by atoms with Crippen LogP contribution in [0.25, 0.3) is 88.3 Å². The van der Waals surface area contributed by atoms with Gasteiger partial charge in [-0.3, -0.25) is 0 Å². The molecule has 0 N–H and O–H groups in total. The van der Waals surface area contributed by atoms with Crippen molar-refractivity contribution in [3.63, 3.8) is 0 Å². The Labute approximate surface area is 355 Å². The highest BCUT2D eigenvalue weighted by molar-refractivity contribution is 6.19. The van der Waals surface area contributed by atoms with Gasteiger partial charge in [0.05, 0.1) is 11.2 Å². The molecule has 0 aliphatic heterocycles. The number of rotatable bonds is 8. The van der Waals surface area contributed by atoms with Crippen LogP contribution in [0.15, 0.2) is 241 Å². The molecule has 0 spiro atoms. The van der Waals surface area contributed by atoms with Crippen LogP contribution in [0.1, 0.15) is 5.48 Å². The second kappa shape index (κ2) is 15.1. The number of fused-ring (bicyclic) bond motifs is 5. The van der Waals surface area contributed by atoms with Gasteiger partial charge >= 0.3 is 0 Å². The molecule has 0 saturated heterocycles. The van der Waals surface area contributed by atoms with Gasteiger partial charge in [0, 0.05) is 33.1 Å². The third-order valence-corrected chi connectivity index (χ3v) is 11.4. The van der Waals surface area contributed by atoms with Crippen LogP contribution >= 0.6 is 0 Å². The lowest BCUT2D eigenvalue weighted by Crippen LogP contribution is -2.11. The molecule has 0 bridgehead atoms. The highest BCUT2D eigenvalue weighted by Crippen LogP contribution is 2.44. The van der Waals surface area contributed by atoms with Gasteiger partial charge in [0.1, 0.15) is 11.2 Å². The average molecular weight is 770 g/mol. The van der Waals surface area contributed by atoms with E-state index in [0.717, 1.165) is 82.9 Å². The Bertz CT molecular complexity index is 3480. The zero-order chi connectivity index (χ0) is 43.3. The monoisotopic (exact) mass is 769 g/mol. The number of hydrogen-bond donors (Lipinski definition) is 0. The van der Waals surface area contributed by atoms with Gasteiger partial charge in [0.15, 0.2) is 0 Å². The Morgan fingerprint density at radius 3 is 1.53 bits per heavy atom. The van der Waals surface area contributed by atoms with E-state index in [1.54, 1.807) is 0 Å². The first-order valence-electron chi connectivity index (χ1n) is 22.2. The van der Waals surface area contributed by atoms with Crippen molar-refractivity contribution in [1.82, 2.24) is 0 Å². The van der Waals surface area contributed by atoms with Gasteiger partial charge < -0.3 is 9.32 Å². The molecule has 11 aromatic rings. The molecule has 10 aromatic carbocycles. The Kier molecular flexibility index (Phi) is 7.83. The van der Waals surface area contributed by atoms with Crippen LogP contribution < -0.4 is 4.90 Å². The van der Waals surface area contributed by atoms with E-state index < -0.39 is 0 Å². The molecule has 1 aromatic heterocycles. The molecule has 2 nitrogen and oxygen atoms in total. The van der Waals surface area contributed by atoms with Gasteiger partial charge in [-0.05, 0) is 97.9 Å². The summed E-state index contributed by atoms with van der Waals surface area (Å²) in [5.41, 5.74) is 12.2. The van der Waals surface area contributed by atoms with Crippen molar-refractivity contribution in [3.05, 3.63) is 236 Å². The molecule has 0 amide bonds. The highest BCUT2D eigenvalue weighted by atomic mass is 16.3. The van der Waals surface area contributed by atoms with Gasteiger partial charge in [-0.2, -0.15) is 0 Å². The molecule has 2 heteroatoms. The van der Waals surface area contributed by atoms with Crippen molar-refractivity contribution in [2.24, 2.45) is 0 Å². The molecule has 0 aliphatic carbocycles.